The number of hydrogen-bond donors (Lipinski definition) is 4. The first-order valence-electron chi connectivity index (χ1n) is 6.17. The van der Waals surface area contributed by atoms with Crippen molar-refractivity contribution >= 4 is 11.0 Å². The van der Waals surface area contributed by atoms with Crippen molar-refractivity contribution in [1.82, 2.24) is 25.5 Å². The molecule has 3 aromatic rings. The number of hydrogen-bond acceptors (Lipinski definition) is 3. The minimum atomic E-state index is -0.185. The molecule has 4 N–H and O–H groups in total. The largest absolute Gasteiger partial charge is 0.323 e. The second-order valence-corrected chi connectivity index (χ2v) is 4.46. The number of nitrogens with zero attached hydrogens (tertiary/aromatic N) is 1. The lowest BCUT2D eigenvalue weighted by Crippen LogP contribution is -2.11. The van der Waals surface area contributed by atoms with Crippen LogP contribution in [0.25, 0.3) is 22.2 Å². The number of H-pyrrole nitrogens is 3. The van der Waals surface area contributed by atoms with Crippen LogP contribution in [-0.4, -0.2) is 33.8 Å². The molecule has 0 aliphatic rings. The maximum absolute atomic E-state index is 11.3. The molecule has 98 valence electrons. The van der Waals surface area contributed by atoms with Crippen molar-refractivity contribution < 1.29 is 0 Å². The van der Waals surface area contributed by atoms with Gasteiger partial charge in [-0.05, 0) is 24.7 Å². The summed E-state index contributed by atoms with van der Waals surface area (Å²) in [6.07, 6.45) is 2.70. The van der Waals surface area contributed by atoms with Crippen molar-refractivity contribution in [3.05, 3.63) is 40.6 Å². The summed E-state index contributed by atoms with van der Waals surface area (Å²) in [4.78, 5) is 16.8. The summed E-state index contributed by atoms with van der Waals surface area (Å²) in [7, 11) is 1.92. The Morgan fingerprint density at radius 3 is 2.95 bits per heavy atom. The van der Waals surface area contributed by atoms with Crippen LogP contribution in [0.4, 0.5) is 0 Å². The number of rotatable bonds is 4. The van der Waals surface area contributed by atoms with Crippen molar-refractivity contribution in [2.45, 2.75) is 6.42 Å². The highest BCUT2D eigenvalue weighted by Gasteiger charge is 2.08. The summed E-state index contributed by atoms with van der Waals surface area (Å²) in [5.41, 5.74) is 4.64. The second kappa shape index (κ2) is 4.74. The summed E-state index contributed by atoms with van der Waals surface area (Å²) in [5, 5.41) is 10.2. The number of nitrogens with one attached hydrogen (secondary N) is 4. The first kappa shape index (κ1) is 11.7. The molecule has 3 rings (SSSR count). The first-order valence-corrected chi connectivity index (χ1v) is 6.17. The van der Waals surface area contributed by atoms with Gasteiger partial charge in [0.25, 0.3) is 0 Å². The molecule has 0 saturated carbocycles. The maximum Gasteiger partial charge on any atom is 0.323 e. The lowest BCUT2D eigenvalue weighted by Gasteiger charge is -2.03. The van der Waals surface area contributed by atoms with Gasteiger partial charge in [-0.3, -0.25) is 5.10 Å². The molecule has 2 heterocycles. The SMILES string of the molecule is CNCCc1[nH]ncc1-c1ccc2[nH]c(=O)[nH]c2c1. The van der Waals surface area contributed by atoms with Crippen molar-refractivity contribution in [3.63, 3.8) is 0 Å². The molecule has 0 unspecified atom stereocenters. The van der Waals surface area contributed by atoms with Gasteiger partial charge >= 0.3 is 5.69 Å². The molecule has 0 fully saturated rings. The predicted octanol–water partition coefficient (Wildman–Crippen LogP) is 1.01. The summed E-state index contributed by atoms with van der Waals surface area (Å²) >= 11 is 0. The van der Waals surface area contributed by atoms with Crippen molar-refractivity contribution in [2.24, 2.45) is 0 Å². The molecule has 0 spiro atoms. The molecule has 2 aromatic heterocycles. The van der Waals surface area contributed by atoms with Crippen molar-refractivity contribution in [2.75, 3.05) is 13.6 Å². The molecule has 0 atom stereocenters. The molecular weight excluding hydrogens is 242 g/mol. The molecule has 0 aliphatic carbocycles. The highest BCUT2D eigenvalue weighted by atomic mass is 16.1. The molecule has 19 heavy (non-hydrogen) atoms. The minimum Gasteiger partial charge on any atom is -0.319 e. The molecule has 0 bridgehead atoms. The van der Waals surface area contributed by atoms with Crippen LogP contribution in [0, 0.1) is 0 Å². The van der Waals surface area contributed by atoms with Crippen LogP contribution in [0.2, 0.25) is 0 Å². The van der Waals surface area contributed by atoms with Crippen LogP contribution in [0.15, 0.2) is 29.2 Å². The molecular formula is C13H15N5O. The normalized spacial score (nSPS) is 11.2. The van der Waals surface area contributed by atoms with Gasteiger partial charge in [-0.15, -0.1) is 0 Å². The van der Waals surface area contributed by atoms with E-state index in [4.69, 9.17) is 0 Å². The molecule has 0 amide bonds. The molecule has 0 saturated heterocycles. The fraction of sp³-hybridized carbons (Fsp3) is 0.231. The topological polar surface area (TPSA) is 89.4 Å². The van der Waals surface area contributed by atoms with Gasteiger partial charge in [-0.25, -0.2) is 4.79 Å². The zero-order valence-electron chi connectivity index (χ0n) is 10.6. The van der Waals surface area contributed by atoms with Gasteiger partial charge in [0.05, 0.1) is 17.2 Å². The molecule has 0 aliphatic heterocycles. The van der Waals surface area contributed by atoms with E-state index < -0.39 is 0 Å². The van der Waals surface area contributed by atoms with Crippen LogP contribution in [0.1, 0.15) is 5.69 Å². The van der Waals surface area contributed by atoms with Crippen LogP contribution in [0.5, 0.6) is 0 Å². The van der Waals surface area contributed by atoms with Crippen molar-refractivity contribution in [1.29, 1.82) is 0 Å². The highest BCUT2D eigenvalue weighted by Crippen LogP contribution is 2.24. The molecule has 6 heteroatoms. The lowest BCUT2D eigenvalue weighted by atomic mass is 10.0. The van der Waals surface area contributed by atoms with E-state index in [1.165, 1.54) is 0 Å². The van der Waals surface area contributed by atoms with E-state index in [-0.39, 0.29) is 5.69 Å². The van der Waals surface area contributed by atoms with Gasteiger partial charge in [0.15, 0.2) is 0 Å². The Balaban J connectivity index is 2.03. The third-order valence-corrected chi connectivity index (χ3v) is 3.17. The van der Waals surface area contributed by atoms with E-state index in [1.807, 2.05) is 31.4 Å². The standard InChI is InChI=1S/C13H15N5O/c1-14-5-4-10-9(7-15-18-10)8-2-3-11-12(6-8)17-13(19)16-11/h2-3,6-7,14H,4-5H2,1H3,(H,15,18)(H2,16,17,19). The van der Waals surface area contributed by atoms with E-state index in [0.717, 1.165) is 40.8 Å². The van der Waals surface area contributed by atoms with Gasteiger partial charge in [-0.1, -0.05) is 6.07 Å². The number of aromatic nitrogens is 4. The van der Waals surface area contributed by atoms with Gasteiger partial charge in [0.2, 0.25) is 0 Å². The van der Waals surface area contributed by atoms with E-state index in [1.54, 1.807) is 0 Å². The second-order valence-electron chi connectivity index (χ2n) is 4.46. The Kier molecular flexibility index (Phi) is 2.92. The predicted molar refractivity (Wildman–Crippen MR) is 74.1 cm³/mol. The van der Waals surface area contributed by atoms with Crippen molar-refractivity contribution in [3.8, 4) is 11.1 Å². The zero-order valence-corrected chi connectivity index (χ0v) is 10.6. The van der Waals surface area contributed by atoms with Crippen LogP contribution >= 0.6 is 0 Å². The van der Waals surface area contributed by atoms with Gasteiger partial charge in [0.1, 0.15) is 0 Å². The number of likely N-dealkylation sites (N-methyl/N-ethyl adjacent to an activating group) is 1. The quantitative estimate of drug-likeness (QED) is 0.562. The number of fused-ring (bicyclic) bond motifs is 1. The average Bonchev–Trinajstić information content (AvgIpc) is 2.99. The number of aromatic amines is 3. The molecule has 6 nitrogen and oxygen atoms in total. The van der Waals surface area contributed by atoms with Gasteiger partial charge in [0, 0.05) is 24.2 Å². The average molecular weight is 257 g/mol. The minimum absolute atomic E-state index is 0.185. The van der Waals surface area contributed by atoms with E-state index in [9.17, 15) is 4.79 Å². The molecule has 0 radical (unpaired) electrons. The van der Waals surface area contributed by atoms with E-state index >= 15 is 0 Å². The van der Waals surface area contributed by atoms with Crippen LogP contribution < -0.4 is 11.0 Å². The van der Waals surface area contributed by atoms with E-state index in [2.05, 4.69) is 25.5 Å². The molecule has 1 aromatic carbocycles. The first-order chi connectivity index (χ1) is 9.28. The van der Waals surface area contributed by atoms with Gasteiger partial charge < -0.3 is 15.3 Å². The maximum atomic E-state index is 11.3. The third kappa shape index (κ3) is 2.17. The fourth-order valence-electron chi connectivity index (χ4n) is 2.20. The Bertz CT molecular complexity index is 752. The van der Waals surface area contributed by atoms with Crippen LogP contribution in [-0.2, 0) is 6.42 Å². The Morgan fingerprint density at radius 1 is 1.26 bits per heavy atom. The Hall–Kier alpha value is -2.34. The number of benzene rings is 1. The summed E-state index contributed by atoms with van der Waals surface area (Å²) in [6.45, 7) is 0.887. The van der Waals surface area contributed by atoms with Crippen LogP contribution in [0.3, 0.4) is 0 Å². The Labute approximate surface area is 109 Å². The third-order valence-electron chi connectivity index (χ3n) is 3.17. The number of imidazole rings is 1. The summed E-state index contributed by atoms with van der Waals surface area (Å²) in [5.74, 6) is 0. The van der Waals surface area contributed by atoms with E-state index in [0.29, 0.717) is 0 Å². The van der Waals surface area contributed by atoms with Gasteiger partial charge in [-0.2, -0.15) is 5.10 Å². The summed E-state index contributed by atoms with van der Waals surface area (Å²) < 4.78 is 0. The zero-order chi connectivity index (χ0) is 13.2. The smallest absolute Gasteiger partial charge is 0.319 e. The summed E-state index contributed by atoms with van der Waals surface area (Å²) in [6, 6.07) is 5.85. The fourth-order valence-corrected chi connectivity index (χ4v) is 2.20. The monoisotopic (exact) mass is 257 g/mol. The Morgan fingerprint density at radius 2 is 2.11 bits per heavy atom. The lowest BCUT2D eigenvalue weighted by molar-refractivity contribution is 0.773. The highest BCUT2D eigenvalue weighted by molar-refractivity contribution is 5.81.